The van der Waals surface area contributed by atoms with E-state index in [0.717, 1.165) is 19.4 Å². The lowest BCUT2D eigenvalue weighted by Crippen LogP contribution is -2.46. The van der Waals surface area contributed by atoms with Gasteiger partial charge in [0.05, 0.1) is 12.6 Å². The molecule has 88 valence electrons. The number of hydrogen-bond acceptors (Lipinski definition) is 4. The molecule has 6 heteroatoms. The van der Waals surface area contributed by atoms with Gasteiger partial charge in [0, 0.05) is 19.9 Å². The molecule has 0 spiro atoms. The molecule has 1 fully saturated rings. The quantitative estimate of drug-likeness (QED) is 0.764. The highest BCUT2D eigenvalue weighted by Gasteiger charge is 2.26. The number of ether oxygens (including phenoxy) is 1. The SMILES string of the molecule is COC[C@@H]1CCCN1NC(=O)c1ccn[nH]1. The smallest absolute Gasteiger partial charge is 0.283 e. The molecule has 0 radical (unpaired) electrons. The third-order valence-electron chi connectivity index (χ3n) is 2.73. The normalized spacial score (nSPS) is 21.2. The molecule has 1 amide bonds. The van der Waals surface area contributed by atoms with Crippen LogP contribution >= 0.6 is 0 Å². The minimum absolute atomic E-state index is 0.152. The summed E-state index contributed by atoms with van der Waals surface area (Å²) >= 11 is 0. The summed E-state index contributed by atoms with van der Waals surface area (Å²) in [5.74, 6) is -0.152. The topological polar surface area (TPSA) is 70.2 Å². The number of amides is 1. The zero-order valence-corrected chi connectivity index (χ0v) is 9.27. The first-order valence-electron chi connectivity index (χ1n) is 5.37. The standard InChI is InChI=1S/C10H16N4O2/c1-16-7-8-3-2-6-14(8)13-10(15)9-4-5-11-12-9/h4-5,8H,2-3,6-7H2,1H3,(H,11,12)(H,13,15)/t8-/m0/s1. The predicted molar refractivity (Wildman–Crippen MR) is 57.7 cm³/mol. The molecule has 1 saturated heterocycles. The van der Waals surface area contributed by atoms with E-state index in [2.05, 4.69) is 15.6 Å². The second-order valence-corrected chi connectivity index (χ2v) is 3.86. The highest BCUT2D eigenvalue weighted by atomic mass is 16.5. The van der Waals surface area contributed by atoms with E-state index >= 15 is 0 Å². The molecule has 0 unspecified atom stereocenters. The second-order valence-electron chi connectivity index (χ2n) is 3.86. The fourth-order valence-corrected chi connectivity index (χ4v) is 1.92. The van der Waals surface area contributed by atoms with Crippen LogP contribution in [0.5, 0.6) is 0 Å². The molecular formula is C10H16N4O2. The summed E-state index contributed by atoms with van der Waals surface area (Å²) < 4.78 is 5.12. The maximum absolute atomic E-state index is 11.7. The van der Waals surface area contributed by atoms with Crippen LogP contribution in [-0.2, 0) is 4.74 Å². The van der Waals surface area contributed by atoms with Crippen molar-refractivity contribution in [2.75, 3.05) is 20.3 Å². The van der Waals surface area contributed by atoms with E-state index in [4.69, 9.17) is 4.74 Å². The van der Waals surface area contributed by atoms with Crippen LogP contribution in [0.15, 0.2) is 12.3 Å². The fourth-order valence-electron chi connectivity index (χ4n) is 1.92. The molecule has 1 aliphatic heterocycles. The number of aromatic nitrogens is 2. The molecular weight excluding hydrogens is 208 g/mol. The van der Waals surface area contributed by atoms with Gasteiger partial charge in [0.25, 0.3) is 5.91 Å². The summed E-state index contributed by atoms with van der Waals surface area (Å²) in [6.45, 7) is 1.51. The van der Waals surface area contributed by atoms with Crippen molar-refractivity contribution in [3.8, 4) is 0 Å². The lowest BCUT2D eigenvalue weighted by molar-refractivity contribution is 0.0607. The third kappa shape index (κ3) is 2.40. The number of hydrazine groups is 1. The molecule has 16 heavy (non-hydrogen) atoms. The number of carbonyl (C=O) groups is 1. The van der Waals surface area contributed by atoms with Gasteiger partial charge in [-0.3, -0.25) is 15.3 Å². The molecule has 0 saturated carbocycles. The van der Waals surface area contributed by atoms with E-state index in [-0.39, 0.29) is 11.9 Å². The Labute approximate surface area is 93.9 Å². The summed E-state index contributed by atoms with van der Waals surface area (Å²) in [5.41, 5.74) is 3.33. The Bertz CT molecular complexity index is 339. The summed E-state index contributed by atoms with van der Waals surface area (Å²) in [5, 5.41) is 8.32. The summed E-state index contributed by atoms with van der Waals surface area (Å²) in [4.78, 5) is 11.7. The maximum Gasteiger partial charge on any atom is 0.283 e. The molecule has 1 aliphatic rings. The predicted octanol–water partition coefficient (Wildman–Crippen LogP) is 0.165. The van der Waals surface area contributed by atoms with Crippen molar-refractivity contribution in [1.29, 1.82) is 0 Å². The summed E-state index contributed by atoms with van der Waals surface area (Å²) in [6.07, 6.45) is 3.69. The molecule has 1 aromatic heterocycles. The molecule has 6 nitrogen and oxygen atoms in total. The van der Waals surface area contributed by atoms with Crippen LogP contribution in [0.3, 0.4) is 0 Å². The molecule has 0 aromatic carbocycles. The van der Waals surface area contributed by atoms with Gasteiger partial charge in [-0.05, 0) is 18.9 Å². The van der Waals surface area contributed by atoms with Crippen LogP contribution in [0, 0.1) is 0 Å². The molecule has 2 N–H and O–H groups in total. The first-order valence-corrected chi connectivity index (χ1v) is 5.37. The number of carbonyl (C=O) groups excluding carboxylic acids is 1. The van der Waals surface area contributed by atoms with E-state index < -0.39 is 0 Å². The van der Waals surface area contributed by atoms with Gasteiger partial charge in [0.15, 0.2) is 0 Å². The van der Waals surface area contributed by atoms with Crippen LogP contribution in [0.25, 0.3) is 0 Å². The zero-order chi connectivity index (χ0) is 11.4. The number of hydrogen-bond donors (Lipinski definition) is 2. The highest BCUT2D eigenvalue weighted by molar-refractivity contribution is 5.91. The van der Waals surface area contributed by atoms with Gasteiger partial charge in [-0.1, -0.05) is 0 Å². The van der Waals surface area contributed by atoms with Gasteiger partial charge in [0.1, 0.15) is 5.69 Å². The lowest BCUT2D eigenvalue weighted by atomic mass is 10.2. The van der Waals surface area contributed by atoms with Gasteiger partial charge >= 0.3 is 0 Å². The van der Waals surface area contributed by atoms with Gasteiger partial charge in [-0.25, -0.2) is 5.01 Å². The number of nitrogens with one attached hydrogen (secondary N) is 2. The Morgan fingerprint density at radius 1 is 1.81 bits per heavy atom. The average Bonchev–Trinajstić information content (AvgIpc) is 2.90. The lowest BCUT2D eigenvalue weighted by Gasteiger charge is -2.23. The number of H-pyrrole nitrogens is 1. The van der Waals surface area contributed by atoms with Gasteiger partial charge < -0.3 is 4.74 Å². The van der Waals surface area contributed by atoms with Crippen molar-refractivity contribution in [3.63, 3.8) is 0 Å². The van der Waals surface area contributed by atoms with Gasteiger partial charge in [0.2, 0.25) is 0 Å². The molecule has 2 heterocycles. The zero-order valence-electron chi connectivity index (χ0n) is 9.27. The van der Waals surface area contributed by atoms with E-state index in [1.165, 1.54) is 0 Å². The van der Waals surface area contributed by atoms with Crippen molar-refractivity contribution < 1.29 is 9.53 Å². The molecule has 1 aromatic rings. The van der Waals surface area contributed by atoms with Crippen LogP contribution in [0.4, 0.5) is 0 Å². The highest BCUT2D eigenvalue weighted by Crippen LogP contribution is 2.14. The Kier molecular flexibility index (Phi) is 3.53. The number of rotatable bonds is 4. The number of methoxy groups -OCH3 is 1. The van der Waals surface area contributed by atoms with Crippen molar-refractivity contribution in [2.24, 2.45) is 0 Å². The van der Waals surface area contributed by atoms with Gasteiger partial charge in [-0.15, -0.1) is 0 Å². The monoisotopic (exact) mass is 224 g/mol. The van der Waals surface area contributed by atoms with Gasteiger partial charge in [-0.2, -0.15) is 5.10 Å². The summed E-state index contributed by atoms with van der Waals surface area (Å²) in [6, 6.07) is 1.92. The second kappa shape index (κ2) is 5.09. The van der Waals surface area contributed by atoms with Crippen LogP contribution in [0.2, 0.25) is 0 Å². The van der Waals surface area contributed by atoms with Crippen molar-refractivity contribution >= 4 is 5.91 Å². The van der Waals surface area contributed by atoms with E-state index in [1.54, 1.807) is 19.4 Å². The largest absolute Gasteiger partial charge is 0.383 e. The summed E-state index contributed by atoms with van der Waals surface area (Å²) in [7, 11) is 1.67. The molecule has 0 aliphatic carbocycles. The molecule has 0 bridgehead atoms. The van der Waals surface area contributed by atoms with Crippen molar-refractivity contribution in [3.05, 3.63) is 18.0 Å². The minimum Gasteiger partial charge on any atom is -0.383 e. The number of aromatic amines is 1. The van der Waals surface area contributed by atoms with E-state index in [9.17, 15) is 4.79 Å². The average molecular weight is 224 g/mol. The maximum atomic E-state index is 11.7. The Morgan fingerprint density at radius 2 is 2.69 bits per heavy atom. The Balaban J connectivity index is 1.91. The third-order valence-corrected chi connectivity index (χ3v) is 2.73. The Hall–Kier alpha value is -1.40. The fraction of sp³-hybridized carbons (Fsp3) is 0.600. The van der Waals surface area contributed by atoms with Crippen molar-refractivity contribution in [1.82, 2.24) is 20.6 Å². The molecule has 2 rings (SSSR count). The van der Waals surface area contributed by atoms with Crippen LogP contribution < -0.4 is 5.43 Å². The minimum atomic E-state index is -0.152. The van der Waals surface area contributed by atoms with E-state index in [0.29, 0.717) is 12.3 Å². The number of nitrogens with zero attached hydrogens (tertiary/aromatic N) is 2. The first kappa shape index (κ1) is 11.1. The first-order chi connectivity index (χ1) is 7.81. The Morgan fingerprint density at radius 3 is 3.38 bits per heavy atom. The van der Waals surface area contributed by atoms with Crippen LogP contribution in [0.1, 0.15) is 23.3 Å². The van der Waals surface area contributed by atoms with Crippen molar-refractivity contribution in [2.45, 2.75) is 18.9 Å². The van der Waals surface area contributed by atoms with Crippen LogP contribution in [-0.4, -0.2) is 47.4 Å². The van der Waals surface area contributed by atoms with E-state index in [1.807, 2.05) is 5.01 Å². The molecule has 1 atom stereocenters.